The fourth-order valence-corrected chi connectivity index (χ4v) is 1.98. The second kappa shape index (κ2) is 4.45. The van der Waals surface area contributed by atoms with E-state index in [9.17, 15) is 5.11 Å². The zero-order chi connectivity index (χ0) is 10.7. The Bertz CT molecular complexity index is 188. The van der Waals surface area contributed by atoms with Gasteiger partial charge in [-0.2, -0.15) is 0 Å². The van der Waals surface area contributed by atoms with E-state index in [1.165, 1.54) is 0 Å². The summed E-state index contributed by atoms with van der Waals surface area (Å²) in [7, 11) is 0. The summed E-state index contributed by atoms with van der Waals surface area (Å²) in [5, 5.41) is 13.4. The molecule has 82 valence electrons. The summed E-state index contributed by atoms with van der Waals surface area (Å²) in [6.07, 6.45) is 5.92. The van der Waals surface area contributed by atoms with Crippen molar-refractivity contribution >= 4 is 0 Å². The molecule has 0 aromatic rings. The Hall–Kier alpha value is -0.340. The Morgan fingerprint density at radius 2 is 1.86 bits per heavy atom. The zero-order valence-electron chi connectivity index (χ0n) is 9.47. The molecule has 0 amide bonds. The molecule has 0 aliphatic heterocycles. The van der Waals surface area contributed by atoms with Crippen LogP contribution in [0.15, 0.2) is 12.7 Å². The van der Waals surface area contributed by atoms with Gasteiger partial charge in [0.1, 0.15) is 0 Å². The van der Waals surface area contributed by atoms with Crippen LogP contribution in [-0.2, 0) is 0 Å². The highest BCUT2D eigenvalue weighted by atomic mass is 16.3. The molecule has 0 aromatic carbocycles. The molecule has 0 heterocycles. The zero-order valence-corrected chi connectivity index (χ0v) is 9.47. The molecule has 2 heteroatoms. The molecule has 0 aromatic heterocycles. The molecule has 1 aliphatic rings. The third-order valence-electron chi connectivity index (χ3n) is 3.28. The van der Waals surface area contributed by atoms with Crippen molar-refractivity contribution in [2.45, 2.75) is 45.1 Å². The molecule has 1 saturated carbocycles. The van der Waals surface area contributed by atoms with E-state index >= 15 is 0 Å². The predicted molar refractivity (Wildman–Crippen MR) is 60.3 cm³/mol. The molecular formula is C12H23NO. The Kier molecular flexibility index (Phi) is 3.73. The van der Waals surface area contributed by atoms with Crippen LogP contribution in [0, 0.1) is 5.41 Å². The van der Waals surface area contributed by atoms with Gasteiger partial charge in [0.25, 0.3) is 0 Å². The van der Waals surface area contributed by atoms with Gasteiger partial charge in [0.05, 0.1) is 5.60 Å². The smallest absolute Gasteiger partial charge is 0.0772 e. The quantitative estimate of drug-likeness (QED) is 0.534. The van der Waals surface area contributed by atoms with Crippen molar-refractivity contribution in [1.29, 1.82) is 0 Å². The first-order valence-electron chi connectivity index (χ1n) is 5.51. The maximum Gasteiger partial charge on any atom is 0.0772 e. The SMILES string of the molecule is C=CCNCC1(O)CCC(C)(C)CC1. The third kappa shape index (κ3) is 3.43. The molecule has 0 atom stereocenters. The maximum atomic E-state index is 10.2. The Balaban J connectivity index is 2.33. The van der Waals surface area contributed by atoms with Gasteiger partial charge in [-0.25, -0.2) is 0 Å². The molecular weight excluding hydrogens is 174 g/mol. The van der Waals surface area contributed by atoms with Gasteiger partial charge in [-0.1, -0.05) is 19.9 Å². The highest BCUT2D eigenvalue weighted by Gasteiger charge is 2.35. The minimum absolute atomic E-state index is 0.421. The Morgan fingerprint density at radius 1 is 1.29 bits per heavy atom. The average Bonchev–Trinajstić information content (AvgIpc) is 2.12. The first-order valence-corrected chi connectivity index (χ1v) is 5.51. The Morgan fingerprint density at radius 3 is 2.36 bits per heavy atom. The van der Waals surface area contributed by atoms with Gasteiger partial charge in [-0.05, 0) is 31.1 Å². The average molecular weight is 197 g/mol. The summed E-state index contributed by atoms with van der Waals surface area (Å²) in [6, 6.07) is 0. The summed E-state index contributed by atoms with van der Waals surface area (Å²) >= 11 is 0. The highest BCUT2D eigenvalue weighted by Crippen LogP contribution is 2.39. The number of aliphatic hydroxyl groups is 1. The molecule has 0 unspecified atom stereocenters. The minimum Gasteiger partial charge on any atom is -0.389 e. The lowest BCUT2D eigenvalue weighted by atomic mass is 9.71. The van der Waals surface area contributed by atoms with Crippen molar-refractivity contribution in [3.8, 4) is 0 Å². The molecule has 1 rings (SSSR count). The molecule has 2 nitrogen and oxygen atoms in total. The van der Waals surface area contributed by atoms with Crippen molar-refractivity contribution in [3.05, 3.63) is 12.7 Å². The van der Waals surface area contributed by atoms with Crippen LogP contribution in [0.5, 0.6) is 0 Å². The van der Waals surface area contributed by atoms with Gasteiger partial charge in [0.15, 0.2) is 0 Å². The van der Waals surface area contributed by atoms with E-state index in [0.29, 0.717) is 12.0 Å². The predicted octanol–water partition coefficient (Wildman–Crippen LogP) is 2.09. The number of rotatable bonds is 4. The lowest BCUT2D eigenvalue weighted by Gasteiger charge is -2.40. The molecule has 0 spiro atoms. The van der Waals surface area contributed by atoms with Crippen LogP contribution >= 0.6 is 0 Å². The van der Waals surface area contributed by atoms with Crippen LogP contribution in [-0.4, -0.2) is 23.8 Å². The van der Waals surface area contributed by atoms with Gasteiger partial charge in [0.2, 0.25) is 0 Å². The molecule has 2 N–H and O–H groups in total. The lowest BCUT2D eigenvalue weighted by molar-refractivity contribution is -0.0236. The first kappa shape index (κ1) is 11.7. The number of nitrogens with one attached hydrogen (secondary N) is 1. The summed E-state index contributed by atoms with van der Waals surface area (Å²) in [5.41, 5.74) is -0.0524. The van der Waals surface area contributed by atoms with Crippen LogP contribution in [0.1, 0.15) is 39.5 Å². The van der Waals surface area contributed by atoms with Crippen molar-refractivity contribution < 1.29 is 5.11 Å². The monoisotopic (exact) mass is 197 g/mol. The second-order valence-electron chi connectivity index (χ2n) is 5.31. The van der Waals surface area contributed by atoms with E-state index in [1.807, 2.05) is 6.08 Å². The molecule has 14 heavy (non-hydrogen) atoms. The first-order chi connectivity index (χ1) is 6.47. The maximum absolute atomic E-state index is 10.2. The summed E-state index contributed by atoms with van der Waals surface area (Å²) in [4.78, 5) is 0. The highest BCUT2D eigenvalue weighted by molar-refractivity contribution is 4.91. The normalized spacial score (nSPS) is 24.5. The Labute approximate surface area is 87.4 Å². The summed E-state index contributed by atoms with van der Waals surface area (Å²) in [5.74, 6) is 0. The van der Waals surface area contributed by atoms with Crippen molar-refractivity contribution in [2.24, 2.45) is 5.41 Å². The molecule has 0 radical (unpaired) electrons. The molecule has 1 aliphatic carbocycles. The second-order valence-corrected chi connectivity index (χ2v) is 5.31. The van der Waals surface area contributed by atoms with Crippen molar-refractivity contribution in [1.82, 2.24) is 5.32 Å². The fraction of sp³-hybridized carbons (Fsp3) is 0.833. The van der Waals surface area contributed by atoms with Gasteiger partial charge in [0, 0.05) is 13.1 Å². The molecule has 1 fully saturated rings. The van der Waals surface area contributed by atoms with Crippen molar-refractivity contribution in [2.75, 3.05) is 13.1 Å². The topological polar surface area (TPSA) is 32.3 Å². The van der Waals surface area contributed by atoms with Crippen LogP contribution in [0.4, 0.5) is 0 Å². The molecule has 0 saturated heterocycles. The van der Waals surface area contributed by atoms with Crippen LogP contribution < -0.4 is 5.32 Å². The minimum atomic E-state index is -0.474. The van der Waals surface area contributed by atoms with E-state index in [-0.39, 0.29) is 0 Å². The third-order valence-corrected chi connectivity index (χ3v) is 3.28. The van der Waals surface area contributed by atoms with Gasteiger partial charge < -0.3 is 10.4 Å². The van der Waals surface area contributed by atoms with E-state index in [4.69, 9.17) is 0 Å². The number of hydrogen-bond donors (Lipinski definition) is 2. The van der Waals surface area contributed by atoms with Gasteiger partial charge in [-0.15, -0.1) is 6.58 Å². The molecule has 0 bridgehead atoms. The van der Waals surface area contributed by atoms with Crippen LogP contribution in [0.25, 0.3) is 0 Å². The summed E-state index contributed by atoms with van der Waals surface area (Å²) in [6.45, 7) is 9.69. The van der Waals surface area contributed by atoms with E-state index in [2.05, 4.69) is 25.7 Å². The van der Waals surface area contributed by atoms with Gasteiger partial charge >= 0.3 is 0 Å². The van der Waals surface area contributed by atoms with Crippen LogP contribution in [0.2, 0.25) is 0 Å². The van der Waals surface area contributed by atoms with E-state index in [1.54, 1.807) is 0 Å². The lowest BCUT2D eigenvalue weighted by Crippen LogP contribution is -2.45. The van der Waals surface area contributed by atoms with Crippen molar-refractivity contribution in [3.63, 3.8) is 0 Å². The van der Waals surface area contributed by atoms with Crippen LogP contribution in [0.3, 0.4) is 0 Å². The fourth-order valence-electron chi connectivity index (χ4n) is 1.98. The van der Waals surface area contributed by atoms with E-state index < -0.39 is 5.60 Å². The summed E-state index contributed by atoms with van der Waals surface area (Å²) < 4.78 is 0. The van der Waals surface area contributed by atoms with Gasteiger partial charge in [-0.3, -0.25) is 0 Å². The number of hydrogen-bond acceptors (Lipinski definition) is 2. The standard InChI is InChI=1S/C12H23NO/c1-4-9-13-10-12(14)7-5-11(2,3)6-8-12/h4,13-14H,1,5-10H2,2-3H3. The van der Waals surface area contributed by atoms with E-state index in [0.717, 1.165) is 32.2 Å². The largest absolute Gasteiger partial charge is 0.389 e.